The van der Waals surface area contributed by atoms with E-state index in [2.05, 4.69) is 10.2 Å². The molecule has 0 spiro atoms. The molecule has 1 aromatic carbocycles. The maximum Gasteiger partial charge on any atom is 0.242 e. The number of benzene rings is 1. The van der Waals surface area contributed by atoms with Gasteiger partial charge in [-0.15, -0.1) is 24.8 Å². The van der Waals surface area contributed by atoms with Crippen molar-refractivity contribution < 1.29 is 9.53 Å². The van der Waals surface area contributed by atoms with E-state index in [4.69, 9.17) is 16.3 Å². The molecule has 0 aliphatic carbocycles. The number of carbonyl (C=O) groups excluding carboxylic acids is 1. The molecule has 0 unspecified atom stereocenters. The molecule has 1 aromatic rings. The van der Waals surface area contributed by atoms with Crippen molar-refractivity contribution in [3.63, 3.8) is 0 Å². The van der Waals surface area contributed by atoms with Crippen molar-refractivity contribution in [2.24, 2.45) is 0 Å². The molecule has 3 rings (SSSR count). The molecule has 2 saturated heterocycles. The Kier molecular flexibility index (Phi) is 9.66. The number of nitrogens with zero attached hydrogens (tertiary/aromatic N) is 2. The summed E-state index contributed by atoms with van der Waals surface area (Å²) in [4.78, 5) is 17.1. The van der Waals surface area contributed by atoms with Gasteiger partial charge in [0.2, 0.25) is 5.91 Å². The third-order valence-corrected chi connectivity index (χ3v) is 5.54. The van der Waals surface area contributed by atoms with E-state index in [-0.39, 0.29) is 36.3 Å². The fourth-order valence-corrected chi connectivity index (χ4v) is 3.89. The van der Waals surface area contributed by atoms with E-state index < -0.39 is 0 Å². The van der Waals surface area contributed by atoms with Gasteiger partial charge in [-0.2, -0.15) is 0 Å². The highest BCUT2D eigenvalue weighted by Crippen LogP contribution is 2.23. The minimum absolute atomic E-state index is 0. The van der Waals surface area contributed by atoms with Crippen LogP contribution in [0.3, 0.4) is 0 Å². The Hall–Kier alpha value is -0.720. The lowest BCUT2D eigenvalue weighted by atomic mass is 9.98. The quantitative estimate of drug-likeness (QED) is 0.767. The van der Waals surface area contributed by atoms with Crippen molar-refractivity contribution in [2.45, 2.75) is 32.2 Å². The lowest BCUT2D eigenvalue weighted by Crippen LogP contribution is -2.58. The monoisotopic (exact) mass is 437 g/mol. The van der Waals surface area contributed by atoms with E-state index in [1.54, 1.807) is 0 Å². The molecular weight excluding hydrogens is 409 g/mol. The SMILES string of the molecule is Cc1cc(Cl)ccc1OCCN1CCN(C(=O)[C@@]2(C)CCCN2)CC1.Cl.Cl. The lowest BCUT2D eigenvalue weighted by molar-refractivity contribution is -0.139. The van der Waals surface area contributed by atoms with Crippen molar-refractivity contribution in [1.29, 1.82) is 0 Å². The van der Waals surface area contributed by atoms with Gasteiger partial charge in [0.05, 0.1) is 5.54 Å². The zero-order valence-electron chi connectivity index (χ0n) is 16.0. The third kappa shape index (κ3) is 6.13. The zero-order chi connectivity index (χ0) is 17.9. The predicted molar refractivity (Wildman–Crippen MR) is 115 cm³/mol. The van der Waals surface area contributed by atoms with Crippen LogP contribution in [0.25, 0.3) is 0 Å². The molecule has 1 atom stereocenters. The zero-order valence-corrected chi connectivity index (χ0v) is 18.4. The van der Waals surface area contributed by atoms with Crippen LogP contribution in [0, 0.1) is 6.92 Å². The van der Waals surface area contributed by atoms with E-state index in [1.807, 2.05) is 36.9 Å². The van der Waals surface area contributed by atoms with E-state index in [0.29, 0.717) is 6.61 Å². The maximum atomic E-state index is 12.7. The number of amides is 1. The van der Waals surface area contributed by atoms with Crippen LogP contribution in [-0.2, 0) is 4.79 Å². The predicted octanol–water partition coefficient (Wildman–Crippen LogP) is 3.16. The number of piperazine rings is 1. The summed E-state index contributed by atoms with van der Waals surface area (Å²) in [5.74, 6) is 1.15. The number of aryl methyl sites for hydroxylation is 1. The first-order valence-corrected chi connectivity index (χ1v) is 9.51. The van der Waals surface area contributed by atoms with Crippen LogP contribution in [0.2, 0.25) is 5.02 Å². The van der Waals surface area contributed by atoms with Crippen LogP contribution in [0.1, 0.15) is 25.3 Å². The summed E-state index contributed by atoms with van der Waals surface area (Å²) >= 11 is 5.97. The summed E-state index contributed by atoms with van der Waals surface area (Å²) in [6, 6.07) is 5.69. The van der Waals surface area contributed by atoms with Crippen molar-refractivity contribution in [3.8, 4) is 5.75 Å². The number of carbonyl (C=O) groups is 1. The standard InChI is InChI=1S/C19H28ClN3O2.2ClH/c1-15-14-16(20)4-5-17(15)25-13-12-22-8-10-23(11-9-22)18(24)19(2)6-3-7-21-19;;/h4-5,14,21H,3,6-13H2,1-2H3;2*1H/t19-;;/m1../s1. The lowest BCUT2D eigenvalue weighted by Gasteiger charge is -2.38. The maximum absolute atomic E-state index is 12.7. The Balaban J connectivity index is 0.00000182. The van der Waals surface area contributed by atoms with Crippen LogP contribution < -0.4 is 10.1 Å². The van der Waals surface area contributed by atoms with E-state index >= 15 is 0 Å². The number of nitrogens with one attached hydrogen (secondary N) is 1. The van der Waals surface area contributed by atoms with E-state index in [1.165, 1.54) is 0 Å². The normalized spacial score (nSPS) is 22.7. The van der Waals surface area contributed by atoms with Crippen LogP contribution in [0.5, 0.6) is 5.75 Å². The Bertz CT molecular complexity index is 616. The third-order valence-electron chi connectivity index (χ3n) is 5.30. The van der Waals surface area contributed by atoms with Gasteiger partial charge in [-0.25, -0.2) is 0 Å². The van der Waals surface area contributed by atoms with Gasteiger partial charge in [-0.05, 0) is 57.0 Å². The van der Waals surface area contributed by atoms with Gasteiger partial charge in [-0.1, -0.05) is 11.6 Å². The highest BCUT2D eigenvalue weighted by atomic mass is 35.5. The molecule has 0 saturated carbocycles. The highest BCUT2D eigenvalue weighted by Gasteiger charge is 2.39. The molecule has 0 radical (unpaired) electrons. The first-order chi connectivity index (χ1) is 12.0. The molecule has 2 fully saturated rings. The second-order valence-electron chi connectivity index (χ2n) is 7.25. The van der Waals surface area contributed by atoms with Crippen LogP contribution in [0.15, 0.2) is 18.2 Å². The fourth-order valence-electron chi connectivity index (χ4n) is 3.66. The molecular formula is C19H30Cl3N3O2. The summed E-state index contributed by atoms with van der Waals surface area (Å²) in [5.41, 5.74) is 0.706. The summed E-state index contributed by atoms with van der Waals surface area (Å²) in [7, 11) is 0. The van der Waals surface area contributed by atoms with Crippen LogP contribution >= 0.6 is 36.4 Å². The molecule has 2 aliphatic heterocycles. The second kappa shape index (κ2) is 10.7. The number of ether oxygens (including phenoxy) is 1. The van der Waals surface area contributed by atoms with Gasteiger partial charge >= 0.3 is 0 Å². The molecule has 1 N–H and O–H groups in total. The first-order valence-electron chi connectivity index (χ1n) is 9.14. The smallest absolute Gasteiger partial charge is 0.242 e. The van der Waals surface area contributed by atoms with Gasteiger partial charge in [0, 0.05) is 37.7 Å². The summed E-state index contributed by atoms with van der Waals surface area (Å²) in [6.07, 6.45) is 2.03. The second-order valence-corrected chi connectivity index (χ2v) is 7.69. The number of hydrogen-bond donors (Lipinski definition) is 1. The summed E-state index contributed by atoms with van der Waals surface area (Å²) in [5, 5.41) is 4.10. The summed E-state index contributed by atoms with van der Waals surface area (Å²) in [6.45, 7) is 9.93. The highest BCUT2D eigenvalue weighted by molar-refractivity contribution is 6.30. The molecule has 1 amide bonds. The Morgan fingerprint density at radius 2 is 1.96 bits per heavy atom. The van der Waals surface area contributed by atoms with Crippen LogP contribution in [-0.4, -0.2) is 67.1 Å². The molecule has 8 heteroatoms. The largest absolute Gasteiger partial charge is 0.492 e. The average Bonchev–Trinajstić information content (AvgIpc) is 3.05. The molecule has 27 heavy (non-hydrogen) atoms. The van der Waals surface area contributed by atoms with Gasteiger partial charge in [-0.3, -0.25) is 9.69 Å². The Labute approximate surface area is 179 Å². The molecule has 0 bridgehead atoms. The average molecular weight is 439 g/mol. The van der Waals surface area contributed by atoms with E-state index in [9.17, 15) is 4.79 Å². The van der Waals surface area contributed by atoms with Gasteiger partial charge in [0.15, 0.2) is 0 Å². The number of halogens is 3. The molecule has 154 valence electrons. The minimum Gasteiger partial charge on any atom is -0.492 e. The molecule has 2 heterocycles. The minimum atomic E-state index is -0.350. The van der Waals surface area contributed by atoms with Gasteiger partial charge in [0.1, 0.15) is 12.4 Å². The van der Waals surface area contributed by atoms with Crippen molar-refractivity contribution >= 4 is 42.3 Å². The molecule has 0 aromatic heterocycles. The van der Waals surface area contributed by atoms with Crippen molar-refractivity contribution in [2.75, 3.05) is 45.9 Å². The van der Waals surface area contributed by atoms with Crippen molar-refractivity contribution in [3.05, 3.63) is 28.8 Å². The topological polar surface area (TPSA) is 44.8 Å². The van der Waals surface area contributed by atoms with Gasteiger partial charge < -0.3 is 15.0 Å². The summed E-state index contributed by atoms with van der Waals surface area (Å²) < 4.78 is 5.88. The number of rotatable bonds is 5. The van der Waals surface area contributed by atoms with Crippen LogP contribution in [0.4, 0.5) is 0 Å². The van der Waals surface area contributed by atoms with Gasteiger partial charge in [0.25, 0.3) is 0 Å². The Morgan fingerprint density at radius 3 is 2.56 bits per heavy atom. The van der Waals surface area contributed by atoms with Crippen molar-refractivity contribution in [1.82, 2.24) is 15.1 Å². The van der Waals surface area contributed by atoms with E-state index in [0.717, 1.165) is 68.4 Å². The fraction of sp³-hybridized carbons (Fsp3) is 0.632. The first kappa shape index (κ1) is 24.3. The molecule has 2 aliphatic rings. The Morgan fingerprint density at radius 1 is 1.26 bits per heavy atom. The number of hydrogen-bond acceptors (Lipinski definition) is 4. The molecule has 5 nitrogen and oxygen atoms in total.